The van der Waals surface area contributed by atoms with Crippen LogP contribution in [0, 0.1) is 5.82 Å². The van der Waals surface area contributed by atoms with E-state index in [4.69, 9.17) is 10.5 Å². The fourth-order valence-electron chi connectivity index (χ4n) is 3.31. The lowest BCUT2D eigenvalue weighted by Gasteiger charge is -2.34. The summed E-state index contributed by atoms with van der Waals surface area (Å²) in [6.45, 7) is 6.29. The Morgan fingerprint density at radius 2 is 2.07 bits per heavy atom. The van der Waals surface area contributed by atoms with Gasteiger partial charge in [-0.1, -0.05) is 0 Å². The van der Waals surface area contributed by atoms with Gasteiger partial charge in [-0.3, -0.25) is 4.79 Å². The van der Waals surface area contributed by atoms with Crippen LogP contribution >= 0.6 is 11.3 Å². The number of carbonyl (C=O) groups excluding carboxylic acids is 2. The number of amides is 2. The van der Waals surface area contributed by atoms with E-state index in [1.54, 1.807) is 24.0 Å². The van der Waals surface area contributed by atoms with Crippen molar-refractivity contribution in [2.45, 2.75) is 51.3 Å². The third-order valence-corrected chi connectivity index (χ3v) is 5.89. The Labute approximate surface area is 179 Å². The molecule has 1 aromatic heterocycles. The highest BCUT2D eigenvalue weighted by Gasteiger charge is 2.31. The second kappa shape index (κ2) is 9.09. The highest BCUT2D eigenvalue weighted by molar-refractivity contribution is 7.13. The molecule has 0 aliphatic carbocycles. The second-order valence-electron chi connectivity index (χ2n) is 8.04. The van der Waals surface area contributed by atoms with Gasteiger partial charge in [-0.05, 0) is 57.9 Å². The van der Waals surface area contributed by atoms with Crippen LogP contribution in [0.1, 0.15) is 39.3 Å². The maximum Gasteiger partial charge on any atom is 0.408 e. The first-order valence-corrected chi connectivity index (χ1v) is 10.8. The van der Waals surface area contributed by atoms with Gasteiger partial charge in [0.2, 0.25) is 5.91 Å². The normalized spacial score (nSPS) is 18.0. The highest BCUT2D eigenvalue weighted by Crippen LogP contribution is 2.29. The number of carbonyl (C=O) groups is 2. The molecule has 1 unspecified atom stereocenters. The summed E-state index contributed by atoms with van der Waals surface area (Å²) in [5, 5.41) is 5.46. The molecule has 0 saturated carbocycles. The zero-order chi connectivity index (χ0) is 21.9. The van der Waals surface area contributed by atoms with Crippen molar-refractivity contribution < 1.29 is 18.7 Å². The van der Waals surface area contributed by atoms with Gasteiger partial charge in [0.25, 0.3) is 0 Å². The second-order valence-corrected chi connectivity index (χ2v) is 8.90. The Hall–Kier alpha value is -2.52. The Kier molecular flexibility index (Phi) is 6.72. The summed E-state index contributed by atoms with van der Waals surface area (Å²) in [4.78, 5) is 30.8. The van der Waals surface area contributed by atoms with Crippen LogP contribution in [0.15, 0.2) is 29.6 Å². The fraction of sp³-hybridized carbons (Fsp3) is 0.476. The molecule has 3 rings (SSSR count). The summed E-state index contributed by atoms with van der Waals surface area (Å²) in [5.41, 5.74) is 6.41. The van der Waals surface area contributed by atoms with Crippen LogP contribution in [0.5, 0.6) is 0 Å². The lowest BCUT2D eigenvalue weighted by atomic mass is 10.0. The third-order valence-electron chi connectivity index (χ3n) is 5.00. The first kappa shape index (κ1) is 22.2. The molecule has 1 aromatic carbocycles. The minimum Gasteiger partial charge on any atom is -0.444 e. The van der Waals surface area contributed by atoms with E-state index >= 15 is 0 Å². The molecule has 2 atom stereocenters. The molecule has 1 aliphatic heterocycles. The Morgan fingerprint density at radius 1 is 1.37 bits per heavy atom. The largest absolute Gasteiger partial charge is 0.444 e. The summed E-state index contributed by atoms with van der Waals surface area (Å²) < 4.78 is 18.7. The number of alkyl carbamates (subject to hydrolysis) is 1. The Balaban J connectivity index is 1.60. The summed E-state index contributed by atoms with van der Waals surface area (Å²) >= 11 is 1.42. The van der Waals surface area contributed by atoms with Crippen LogP contribution < -0.4 is 11.1 Å². The van der Waals surface area contributed by atoms with Gasteiger partial charge in [-0.25, -0.2) is 14.2 Å². The number of halogens is 1. The average molecular weight is 435 g/mol. The summed E-state index contributed by atoms with van der Waals surface area (Å²) in [6.07, 6.45) is 0.522. The molecule has 3 N–H and O–H groups in total. The number of nitrogens with one attached hydrogen (secondary N) is 1. The molecule has 0 spiro atoms. The molecule has 162 valence electrons. The molecule has 1 fully saturated rings. The molecule has 9 heteroatoms. The summed E-state index contributed by atoms with van der Waals surface area (Å²) in [5.74, 6) is -0.441. The van der Waals surface area contributed by atoms with Gasteiger partial charge < -0.3 is 20.7 Å². The molecule has 7 nitrogen and oxygen atoms in total. The molecule has 0 bridgehead atoms. The van der Waals surface area contributed by atoms with Crippen LogP contribution in [0.25, 0.3) is 10.6 Å². The van der Waals surface area contributed by atoms with Crippen molar-refractivity contribution in [3.05, 3.63) is 41.2 Å². The van der Waals surface area contributed by atoms with Gasteiger partial charge in [-0.15, -0.1) is 11.3 Å². The molecular formula is C21H27FN4O3S. The summed E-state index contributed by atoms with van der Waals surface area (Å²) in [7, 11) is 0. The molecule has 2 amide bonds. The van der Waals surface area contributed by atoms with Gasteiger partial charge in [0.15, 0.2) is 0 Å². The number of thiazole rings is 1. The number of aromatic nitrogens is 1. The summed E-state index contributed by atoms with van der Waals surface area (Å²) in [6, 6.07) is 5.55. The van der Waals surface area contributed by atoms with Crippen LogP contribution in [-0.4, -0.2) is 47.1 Å². The van der Waals surface area contributed by atoms with E-state index in [0.717, 1.165) is 17.0 Å². The van der Waals surface area contributed by atoms with Crippen LogP contribution in [-0.2, 0) is 15.1 Å². The molecule has 2 aromatic rings. The molecule has 1 saturated heterocycles. The Bertz CT molecular complexity index is 898. The lowest BCUT2D eigenvalue weighted by Crippen LogP contribution is -2.50. The van der Waals surface area contributed by atoms with Crippen molar-refractivity contribution in [2.24, 2.45) is 5.73 Å². The van der Waals surface area contributed by atoms with E-state index in [2.05, 4.69) is 10.3 Å². The van der Waals surface area contributed by atoms with Crippen molar-refractivity contribution in [1.82, 2.24) is 15.2 Å². The number of nitrogens with two attached hydrogens (primary N) is 1. The predicted octanol–water partition coefficient (Wildman–Crippen LogP) is 3.25. The van der Waals surface area contributed by atoms with Crippen molar-refractivity contribution in [3.8, 4) is 10.6 Å². The zero-order valence-electron chi connectivity index (χ0n) is 17.4. The van der Waals surface area contributed by atoms with Gasteiger partial charge in [0.1, 0.15) is 16.9 Å². The fourth-order valence-corrected chi connectivity index (χ4v) is 4.30. The lowest BCUT2D eigenvalue weighted by molar-refractivity contribution is -0.135. The van der Waals surface area contributed by atoms with Crippen molar-refractivity contribution in [2.75, 3.05) is 13.1 Å². The van der Waals surface area contributed by atoms with Gasteiger partial charge in [0.05, 0.1) is 23.8 Å². The van der Waals surface area contributed by atoms with Gasteiger partial charge in [0, 0.05) is 17.5 Å². The number of piperidine rings is 1. The number of hydrogen-bond acceptors (Lipinski definition) is 6. The van der Waals surface area contributed by atoms with Crippen molar-refractivity contribution in [1.29, 1.82) is 0 Å². The SMILES string of the molecule is C[C@H](N)C(=O)N1CCCC(OC(=O)NC(C)(C)c2csc(-c3ccc(F)cc3)n2)C1. The number of rotatable bonds is 5. The van der Waals surface area contributed by atoms with E-state index in [1.807, 2.05) is 19.2 Å². The maximum absolute atomic E-state index is 13.1. The first-order valence-electron chi connectivity index (χ1n) is 9.91. The standard InChI is InChI=1S/C21H27FN4O3S/c1-13(23)19(27)26-10-4-5-16(11-26)29-20(28)25-21(2,3)17-12-30-18(24-17)14-6-8-15(22)9-7-14/h6-9,12-13,16H,4-5,10-11,23H2,1-3H3,(H,25,28)/t13-,16?/m0/s1. The number of ether oxygens (including phenoxy) is 1. The molecule has 30 heavy (non-hydrogen) atoms. The zero-order valence-corrected chi connectivity index (χ0v) is 18.2. The topological polar surface area (TPSA) is 97.5 Å². The Morgan fingerprint density at radius 3 is 2.73 bits per heavy atom. The van der Waals surface area contributed by atoms with E-state index in [0.29, 0.717) is 25.2 Å². The number of hydrogen-bond donors (Lipinski definition) is 2. The van der Waals surface area contributed by atoms with E-state index in [9.17, 15) is 14.0 Å². The van der Waals surface area contributed by atoms with Crippen LogP contribution in [0.3, 0.4) is 0 Å². The maximum atomic E-state index is 13.1. The van der Waals surface area contributed by atoms with Gasteiger partial charge in [-0.2, -0.15) is 0 Å². The van der Waals surface area contributed by atoms with E-state index < -0.39 is 17.7 Å². The van der Waals surface area contributed by atoms with Crippen LogP contribution in [0.4, 0.5) is 9.18 Å². The van der Waals surface area contributed by atoms with Gasteiger partial charge >= 0.3 is 6.09 Å². The molecule has 0 radical (unpaired) electrons. The van der Waals surface area contributed by atoms with E-state index in [-0.39, 0.29) is 17.8 Å². The number of likely N-dealkylation sites (tertiary alicyclic amines) is 1. The van der Waals surface area contributed by atoms with Crippen molar-refractivity contribution in [3.63, 3.8) is 0 Å². The molecular weight excluding hydrogens is 407 g/mol. The smallest absolute Gasteiger partial charge is 0.408 e. The molecule has 2 heterocycles. The van der Waals surface area contributed by atoms with Crippen LogP contribution in [0.2, 0.25) is 0 Å². The highest BCUT2D eigenvalue weighted by atomic mass is 32.1. The predicted molar refractivity (Wildman–Crippen MR) is 113 cm³/mol. The quantitative estimate of drug-likeness (QED) is 0.753. The third kappa shape index (κ3) is 5.34. The van der Waals surface area contributed by atoms with Crippen molar-refractivity contribution >= 4 is 23.3 Å². The molecule has 1 aliphatic rings. The minimum absolute atomic E-state index is 0.139. The average Bonchev–Trinajstić information content (AvgIpc) is 3.19. The minimum atomic E-state index is -0.762. The number of nitrogens with zero attached hydrogens (tertiary/aromatic N) is 2. The van der Waals surface area contributed by atoms with E-state index in [1.165, 1.54) is 23.5 Å². The monoisotopic (exact) mass is 434 g/mol. The first-order chi connectivity index (χ1) is 14.2. The number of benzene rings is 1.